The highest BCUT2D eigenvalue weighted by Crippen LogP contribution is 2.25. The molecular weight excluding hydrogens is 569 g/mol. The molecule has 10 nitrogen and oxygen atoms in total. The van der Waals surface area contributed by atoms with Crippen LogP contribution in [0.25, 0.3) is 22.4 Å². The monoisotopic (exact) mass is 592 g/mol. The van der Waals surface area contributed by atoms with E-state index in [1.807, 2.05) is 35.7 Å². The van der Waals surface area contributed by atoms with Crippen LogP contribution < -0.4 is 10.3 Å². The number of thiazole rings is 1. The topological polar surface area (TPSA) is 137 Å². The summed E-state index contributed by atoms with van der Waals surface area (Å²) in [5.41, 5.74) is 3.22. The van der Waals surface area contributed by atoms with Gasteiger partial charge in [-0.1, -0.05) is 54.2 Å². The molecule has 0 saturated heterocycles. The van der Waals surface area contributed by atoms with Gasteiger partial charge in [-0.2, -0.15) is 0 Å². The van der Waals surface area contributed by atoms with Crippen molar-refractivity contribution in [3.63, 3.8) is 0 Å². The van der Waals surface area contributed by atoms with E-state index in [1.165, 1.54) is 35.5 Å². The van der Waals surface area contributed by atoms with Crippen molar-refractivity contribution in [1.82, 2.24) is 24.5 Å². The van der Waals surface area contributed by atoms with Crippen LogP contribution >= 0.6 is 23.1 Å². The molecule has 13 heteroatoms. The lowest BCUT2D eigenvalue weighted by molar-refractivity contribution is -0.116. The van der Waals surface area contributed by atoms with Gasteiger partial charge in [-0.3, -0.25) is 18.9 Å². The number of nitrogens with one attached hydrogen (secondary N) is 1. The maximum Gasteiger partial charge on any atom is 0.282 e. The molecule has 3 heterocycles. The molecule has 40 heavy (non-hydrogen) atoms. The van der Waals surface area contributed by atoms with Crippen molar-refractivity contribution in [2.75, 3.05) is 16.7 Å². The third-order valence-electron chi connectivity index (χ3n) is 5.77. The largest absolute Gasteiger partial charge is 0.298 e. The van der Waals surface area contributed by atoms with E-state index in [-0.39, 0.29) is 34.7 Å². The number of anilines is 1. The number of thioether (sulfide) groups is 1. The Morgan fingerprint density at radius 3 is 2.52 bits per heavy atom. The number of aryl methyl sites for hydroxylation is 1. The number of hydrogen-bond acceptors (Lipinski definition) is 10. The lowest BCUT2D eigenvalue weighted by Gasteiger charge is -2.12. The van der Waals surface area contributed by atoms with Crippen molar-refractivity contribution in [1.29, 1.82) is 0 Å². The molecule has 0 aliphatic carbocycles. The lowest BCUT2D eigenvalue weighted by atomic mass is 10.1. The molecule has 0 unspecified atom stereocenters. The standard InChI is InChI=1S/C27H24N6O4S3/c1-40(36,37)32-20-9-7-19(8-10-20)22-17-38-23(30-22)15-21(34)16-39-27-31-25-24(28-12-13-29-25)26(35)33(27)14-11-18-5-3-2-4-6-18/h2-10,12-13,17,32H,11,14-16H2,1H3. The Labute approximate surface area is 238 Å². The van der Waals surface area contributed by atoms with E-state index >= 15 is 0 Å². The molecular formula is C27H24N6O4S3. The summed E-state index contributed by atoms with van der Waals surface area (Å²) in [6, 6.07) is 16.7. The summed E-state index contributed by atoms with van der Waals surface area (Å²) in [4.78, 5) is 43.6. The predicted molar refractivity (Wildman–Crippen MR) is 157 cm³/mol. The summed E-state index contributed by atoms with van der Waals surface area (Å²) < 4.78 is 26.8. The van der Waals surface area contributed by atoms with Crippen molar-refractivity contribution >= 4 is 55.8 Å². The number of nitrogens with zero attached hydrogens (tertiary/aromatic N) is 5. The van der Waals surface area contributed by atoms with Crippen LogP contribution in [0, 0.1) is 0 Å². The number of aromatic nitrogens is 5. The number of hydrogen-bond donors (Lipinski definition) is 1. The Kier molecular flexibility index (Phi) is 8.33. The zero-order valence-corrected chi connectivity index (χ0v) is 23.8. The van der Waals surface area contributed by atoms with Crippen LogP contribution in [-0.4, -0.2) is 50.7 Å². The number of carbonyl (C=O) groups is 1. The summed E-state index contributed by atoms with van der Waals surface area (Å²) >= 11 is 2.58. The highest BCUT2D eigenvalue weighted by atomic mass is 32.2. The summed E-state index contributed by atoms with van der Waals surface area (Å²) in [6.07, 6.45) is 4.82. The molecule has 204 valence electrons. The van der Waals surface area contributed by atoms with E-state index in [0.29, 0.717) is 34.5 Å². The summed E-state index contributed by atoms with van der Waals surface area (Å²) in [6.45, 7) is 0.396. The Balaban J connectivity index is 1.27. The molecule has 0 spiro atoms. The normalized spacial score (nSPS) is 11.5. The molecule has 0 bridgehead atoms. The number of fused-ring (bicyclic) bond motifs is 1. The van der Waals surface area contributed by atoms with Gasteiger partial charge in [0.15, 0.2) is 16.3 Å². The van der Waals surface area contributed by atoms with Crippen molar-refractivity contribution in [2.24, 2.45) is 0 Å². The maximum atomic E-state index is 13.2. The molecule has 0 radical (unpaired) electrons. The van der Waals surface area contributed by atoms with E-state index in [0.717, 1.165) is 17.4 Å². The summed E-state index contributed by atoms with van der Waals surface area (Å²) in [5, 5.41) is 2.95. The number of benzene rings is 2. The first-order valence-corrected chi connectivity index (χ1v) is 15.9. The third-order valence-corrected chi connectivity index (χ3v) is 8.26. The number of Topliss-reactive ketones (excluding diaryl/α,β-unsaturated/α-hetero) is 1. The van der Waals surface area contributed by atoms with Gasteiger partial charge in [-0.15, -0.1) is 11.3 Å². The highest BCUT2D eigenvalue weighted by Gasteiger charge is 2.16. The number of sulfonamides is 1. The van der Waals surface area contributed by atoms with Gasteiger partial charge in [0.25, 0.3) is 5.56 Å². The van der Waals surface area contributed by atoms with Crippen LogP contribution in [0.5, 0.6) is 0 Å². The Hall–Kier alpha value is -3.94. The minimum absolute atomic E-state index is 0.0540. The minimum Gasteiger partial charge on any atom is -0.298 e. The first-order chi connectivity index (χ1) is 19.2. The van der Waals surface area contributed by atoms with Crippen molar-refractivity contribution in [3.8, 4) is 11.3 Å². The van der Waals surface area contributed by atoms with E-state index < -0.39 is 10.0 Å². The number of rotatable bonds is 11. The fraction of sp³-hybridized carbons (Fsp3) is 0.185. The average molecular weight is 593 g/mol. The second-order valence-electron chi connectivity index (χ2n) is 8.90. The lowest BCUT2D eigenvalue weighted by Crippen LogP contribution is -2.25. The van der Waals surface area contributed by atoms with Crippen LogP contribution in [0.4, 0.5) is 5.69 Å². The quantitative estimate of drug-likeness (QED) is 0.179. The van der Waals surface area contributed by atoms with Crippen molar-refractivity contribution in [3.05, 3.63) is 93.3 Å². The van der Waals surface area contributed by atoms with Gasteiger partial charge >= 0.3 is 0 Å². The molecule has 5 rings (SSSR count). The average Bonchev–Trinajstić information content (AvgIpc) is 3.40. The minimum atomic E-state index is -3.35. The Morgan fingerprint density at radius 1 is 1.02 bits per heavy atom. The fourth-order valence-corrected chi connectivity index (χ4v) is 6.20. The highest BCUT2D eigenvalue weighted by molar-refractivity contribution is 7.99. The van der Waals surface area contributed by atoms with Crippen LogP contribution in [0.1, 0.15) is 10.6 Å². The van der Waals surface area contributed by atoms with Crippen LogP contribution in [0.3, 0.4) is 0 Å². The van der Waals surface area contributed by atoms with Gasteiger partial charge in [0, 0.05) is 35.6 Å². The van der Waals surface area contributed by atoms with Gasteiger partial charge in [0.1, 0.15) is 10.8 Å². The van der Waals surface area contributed by atoms with Gasteiger partial charge in [0.2, 0.25) is 10.0 Å². The maximum absolute atomic E-state index is 13.2. The number of ketones is 1. The smallest absolute Gasteiger partial charge is 0.282 e. The molecule has 0 fully saturated rings. The van der Waals surface area contributed by atoms with Gasteiger partial charge in [-0.05, 0) is 24.1 Å². The summed E-state index contributed by atoms with van der Waals surface area (Å²) in [7, 11) is -3.35. The van der Waals surface area contributed by atoms with E-state index in [9.17, 15) is 18.0 Å². The van der Waals surface area contributed by atoms with Crippen molar-refractivity contribution < 1.29 is 13.2 Å². The fourth-order valence-electron chi connectivity index (χ4n) is 3.93. The predicted octanol–water partition coefficient (Wildman–Crippen LogP) is 3.83. The van der Waals surface area contributed by atoms with E-state index in [2.05, 4.69) is 24.7 Å². The third kappa shape index (κ3) is 6.97. The van der Waals surface area contributed by atoms with Crippen LogP contribution in [0.2, 0.25) is 0 Å². The Morgan fingerprint density at radius 2 is 1.77 bits per heavy atom. The summed E-state index contributed by atoms with van der Waals surface area (Å²) in [5.74, 6) is 0.0614. The zero-order chi connectivity index (χ0) is 28.1. The molecule has 0 atom stereocenters. The molecule has 0 saturated carbocycles. The zero-order valence-electron chi connectivity index (χ0n) is 21.4. The molecule has 1 N–H and O–H groups in total. The van der Waals surface area contributed by atoms with Crippen LogP contribution in [-0.2, 0) is 34.2 Å². The SMILES string of the molecule is CS(=O)(=O)Nc1ccc(-c2csc(CC(=O)CSc3nc4nccnc4c(=O)n3CCc3ccccc3)n2)cc1. The van der Waals surface area contributed by atoms with Gasteiger partial charge < -0.3 is 0 Å². The molecule has 3 aromatic heterocycles. The molecule has 0 aliphatic rings. The van der Waals surface area contributed by atoms with E-state index in [1.54, 1.807) is 28.8 Å². The molecule has 0 amide bonds. The number of carbonyl (C=O) groups excluding carboxylic acids is 1. The van der Waals surface area contributed by atoms with Crippen LogP contribution in [0.15, 0.2) is 82.3 Å². The van der Waals surface area contributed by atoms with Gasteiger partial charge in [0.05, 0.1) is 24.1 Å². The second kappa shape index (κ2) is 12.1. The molecule has 2 aromatic carbocycles. The van der Waals surface area contributed by atoms with Crippen molar-refractivity contribution in [2.45, 2.75) is 24.5 Å². The molecule has 5 aromatic rings. The second-order valence-corrected chi connectivity index (χ2v) is 12.5. The first-order valence-electron chi connectivity index (χ1n) is 12.2. The van der Waals surface area contributed by atoms with Gasteiger partial charge in [-0.25, -0.2) is 28.4 Å². The molecule has 0 aliphatic heterocycles. The van der Waals surface area contributed by atoms with E-state index in [4.69, 9.17) is 0 Å². The Bertz CT molecular complexity index is 1820. The first kappa shape index (κ1) is 27.6.